The molecule has 1 aliphatic rings. The van der Waals surface area contributed by atoms with Crippen LogP contribution in [0.15, 0.2) is 34.3 Å². The van der Waals surface area contributed by atoms with Crippen LogP contribution in [0, 0.1) is 0 Å². The van der Waals surface area contributed by atoms with Crippen LogP contribution < -0.4 is 16.2 Å². The normalized spacial score (nSPS) is 15.9. The molecule has 1 heterocycles. The first-order valence-corrected chi connectivity index (χ1v) is 6.12. The van der Waals surface area contributed by atoms with E-state index in [0.717, 1.165) is 31.6 Å². The van der Waals surface area contributed by atoms with Crippen molar-refractivity contribution in [3.8, 4) is 5.75 Å². The maximum absolute atomic E-state index is 12.0. The predicted molar refractivity (Wildman–Crippen MR) is 79.5 cm³/mol. The number of hydrogen-bond donors (Lipinski definition) is 2. The number of hydrogen-bond acceptors (Lipinski definition) is 2. The number of halogens is 4. The minimum atomic E-state index is -4.72. The molecule has 0 unspecified atom stereocenters. The molecule has 10 heteroatoms. The van der Waals surface area contributed by atoms with Gasteiger partial charge in [0.05, 0.1) is 5.69 Å². The highest BCUT2D eigenvalue weighted by Gasteiger charge is 2.30. The van der Waals surface area contributed by atoms with Gasteiger partial charge in [-0.15, -0.1) is 25.6 Å². The second-order valence-corrected chi connectivity index (χ2v) is 4.32. The van der Waals surface area contributed by atoms with E-state index in [2.05, 4.69) is 14.7 Å². The Labute approximate surface area is 131 Å². The molecular formula is C12H15ClF3N5O. The van der Waals surface area contributed by atoms with Crippen molar-refractivity contribution in [1.29, 1.82) is 0 Å². The summed E-state index contributed by atoms with van der Waals surface area (Å²) >= 11 is 0. The summed E-state index contributed by atoms with van der Waals surface area (Å²) in [7, 11) is 0. The number of ether oxygens (including phenoxy) is 1. The number of rotatable bonds is 2. The van der Waals surface area contributed by atoms with E-state index in [1.807, 2.05) is 4.90 Å². The summed E-state index contributed by atoms with van der Waals surface area (Å²) in [5, 5.41) is 0. The van der Waals surface area contributed by atoms with Crippen LogP contribution in [0.2, 0.25) is 0 Å². The number of nitrogens with zero attached hydrogens (tertiary/aromatic N) is 3. The number of alkyl halides is 3. The quantitative estimate of drug-likeness (QED) is 0.638. The number of likely N-dealkylation sites (tertiary alicyclic amines) is 1. The van der Waals surface area contributed by atoms with Crippen molar-refractivity contribution in [2.24, 2.45) is 21.5 Å². The molecule has 122 valence electrons. The van der Waals surface area contributed by atoms with Crippen molar-refractivity contribution in [3.63, 3.8) is 0 Å². The van der Waals surface area contributed by atoms with Crippen molar-refractivity contribution >= 4 is 30.0 Å². The summed E-state index contributed by atoms with van der Waals surface area (Å²) in [5.74, 6) is -0.118. The molecule has 0 bridgehead atoms. The smallest absolute Gasteiger partial charge is 0.406 e. The van der Waals surface area contributed by atoms with Gasteiger partial charge in [-0.1, -0.05) is 0 Å². The lowest BCUT2D eigenvalue weighted by molar-refractivity contribution is -0.274. The molecule has 4 N–H and O–H groups in total. The maximum atomic E-state index is 12.0. The lowest BCUT2D eigenvalue weighted by atomic mass is 10.2. The van der Waals surface area contributed by atoms with E-state index >= 15 is 0 Å². The summed E-state index contributed by atoms with van der Waals surface area (Å²) < 4.78 is 39.8. The number of aliphatic imine (C=N–C) groups is 2. The zero-order chi connectivity index (χ0) is 15.5. The Morgan fingerprint density at radius 3 is 2.18 bits per heavy atom. The van der Waals surface area contributed by atoms with Gasteiger partial charge in [0.1, 0.15) is 5.75 Å². The monoisotopic (exact) mass is 337 g/mol. The molecule has 0 aromatic heterocycles. The Kier molecular flexibility index (Phi) is 5.86. The number of nitrogens with two attached hydrogens (primary N) is 2. The molecular weight excluding hydrogens is 323 g/mol. The van der Waals surface area contributed by atoms with E-state index in [1.165, 1.54) is 12.1 Å². The minimum absolute atomic E-state index is 0. The van der Waals surface area contributed by atoms with Crippen LogP contribution in [-0.4, -0.2) is 36.3 Å². The fourth-order valence-corrected chi connectivity index (χ4v) is 1.61. The minimum Gasteiger partial charge on any atom is -0.406 e. The maximum Gasteiger partial charge on any atom is 0.573 e. The summed E-state index contributed by atoms with van der Waals surface area (Å²) in [4.78, 5) is 9.69. The molecule has 6 nitrogen and oxygen atoms in total. The van der Waals surface area contributed by atoms with Gasteiger partial charge >= 0.3 is 6.36 Å². The van der Waals surface area contributed by atoms with Gasteiger partial charge in [0.25, 0.3) is 0 Å². The number of benzene rings is 1. The first-order chi connectivity index (χ1) is 9.83. The van der Waals surface area contributed by atoms with Crippen LogP contribution in [0.3, 0.4) is 0 Å². The summed E-state index contributed by atoms with van der Waals surface area (Å²) in [5.41, 5.74) is 11.7. The van der Waals surface area contributed by atoms with E-state index in [9.17, 15) is 13.2 Å². The highest BCUT2D eigenvalue weighted by Crippen LogP contribution is 2.24. The van der Waals surface area contributed by atoms with Crippen LogP contribution in [0.5, 0.6) is 5.75 Å². The van der Waals surface area contributed by atoms with E-state index in [0.29, 0.717) is 5.69 Å². The Bertz CT molecular complexity index is 555. The highest BCUT2D eigenvalue weighted by atomic mass is 35.5. The largest absolute Gasteiger partial charge is 0.573 e. The van der Waals surface area contributed by atoms with Gasteiger partial charge in [-0.05, 0) is 30.7 Å². The molecule has 2 rings (SSSR count). The topological polar surface area (TPSA) is 89.2 Å². The molecule has 0 atom stereocenters. The van der Waals surface area contributed by atoms with Crippen molar-refractivity contribution in [3.05, 3.63) is 24.3 Å². The molecule has 0 aliphatic carbocycles. The zero-order valence-corrected chi connectivity index (χ0v) is 12.2. The lowest BCUT2D eigenvalue weighted by Crippen LogP contribution is -2.47. The highest BCUT2D eigenvalue weighted by molar-refractivity contribution is 5.94. The van der Waals surface area contributed by atoms with Crippen LogP contribution in [0.25, 0.3) is 0 Å². The van der Waals surface area contributed by atoms with Gasteiger partial charge in [-0.2, -0.15) is 4.99 Å². The van der Waals surface area contributed by atoms with E-state index in [4.69, 9.17) is 11.5 Å². The average molecular weight is 338 g/mol. The third kappa shape index (κ3) is 5.32. The first-order valence-electron chi connectivity index (χ1n) is 6.12. The third-order valence-corrected chi connectivity index (χ3v) is 2.72. The van der Waals surface area contributed by atoms with Crippen LogP contribution in [-0.2, 0) is 0 Å². The van der Waals surface area contributed by atoms with Gasteiger partial charge in [0.15, 0.2) is 5.96 Å². The summed E-state index contributed by atoms with van der Waals surface area (Å²) in [6, 6.07) is 4.96. The van der Waals surface area contributed by atoms with Crippen molar-refractivity contribution in [1.82, 2.24) is 4.90 Å². The molecule has 1 aromatic rings. The van der Waals surface area contributed by atoms with Crippen molar-refractivity contribution < 1.29 is 17.9 Å². The van der Waals surface area contributed by atoms with Crippen LogP contribution in [0.4, 0.5) is 18.9 Å². The molecule has 22 heavy (non-hydrogen) atoms. The lowest BCUT2D eigenvalue weighted by Gasteiger charge is -2.31. The Hall–Kier alpha value is -2.16. The second-order valence-electron chi connectivity index (χ2n) is 4.32. The molecule has 0 amide bonds. The van der Waals surface area contributed by atoms with E-state index in [1.54, 1.807) is 0 Å². The van der Waals surface area contributed by atoms with E-state index in [-0.39, 0.29) is 30.1 Å². The fraction of sp³-hybridized carbons (Fsp3) is 0.333. The standard InChI is InChI=1S/C12H14F3N5O.ClH/c13-12(14,15)21-9-4-2-8(3-5-9)18-10(16)19-11(17)20-6-1-7-20;/h2-5H,1,6-7H2,(H4,16,17,18,19);1H. The molecule has 0 radical (unpaired) electrons. The average Bonchev–Trinajstić information content (AvgIpc) is 2.27. The van der Waals surface area contributed by atoms with Gasteiger partial charge in [-0.25, -0.2) is 4.99 Å². The Morgan fingerprint density at radius 1 is 1.14 bits per heavy atom. The first kappa shape index (κ1) is 17.9. The zero-order valence-electron chi connectivity index (χ0n) is 11.4. The molecule has 1 aromatic carbocycles. The molecule has 1 aliphatic heterocycles. The molecule has 1 fully saturated rings. The fourth-order valence-electron chi connectivity index (χ4n) is 1.61. The second kappa shape index (κ2) is 7.21. The van der Waals surface area contributed by atoms with Gasteiger partial charge < -0.3 is 21.1 Å². The third-order valence-electron chi connectivity index (χ3n) is 2.72. The molecule has 0 spiro atoms. The van der Waals surface area contributed by atoms with Crippen LogP contribution >= 0.6 is 12.4 Å². The van der Waals surface area contributed by atoms with Crippen molar-refractivity contribution in [2.45, 2.75) is 12.8 Å². The number of guanidine groups is 2. The SMILES string of the molecule is Cl.NC(=Nc1ccc(OC(F)(F)F)cc1)N=C(N)N1CCC1. The Morgan fingerprint density at radius 2 is 1.73 bits per heavy atom. The summed E-state index contributed by atoms with van der Waals surface area (Å²) in [6.07, 6.45) is -3.67. The predicted octanol–water partition coefficient (Wildman–Crippen LogP) is 1.97. The molecule has 0 saturated carbocycles. The van der Waals surface area contributed by atoms with Gasteiger partial charge in [0, 0.05) is 13.1 Å². The Balaban J connectivity index is 0.00000242. The van der Waals surface area contributed by atoms with E-state index < -0.39 is 6.36 Å². The van der Waals surface area contributed by atoms with Crippen LogP contribution in [0.1, 0.15) is 6.42 Å². The van der Waals surface area contributed by atoms with Gasteiger partial charge in [0.2, 0.25) is 5.96 Å². The molecule has 1 saturated heterocycles. The van der Waals surface area contributed by atoms with Crippen molar-refractivity contribution in [2.75, 3.05) is 13.1 Å². The van der Waals surface area contributed by atoms with Gasteiger partial charge in [-0.3, -0.25) is 0 Å². The summed E-state index contributed by atoms with van der Waals surface area (Å²) in [6.45, 7) is 1.65.